The van der Waals surface area contributed by atoms with Crippen LogP contribution in [0, 0.1) is 0 Å². The molecule has 0 saturated heterocycles. The number of carboxylic acids is 1. The van der Waals surface area contributed by atoms with Crippen LogP contribution in [-0.4, -0.2) is 38.2 Å². The molecule has 0 fully saturated rings. The maximum absolute atomic E-state index is 10.1. The maximum Gasteiger partial charge on any atom is 0.140 e. The third-order valence-electron chi connectivity index (χ3n) is 2.82. The van der Waals surface area contributed by atoms with E-state index in [4.69, 9.17) is 39.5 Å². The van der Waals surface area contributed by atoms with E-state index >= 15 is 0 Å². The summed E-state index contributed by atoms with van der Waals surface area (Å²) in [5, 5.41) is 10.8. The lowest BCUT2D eigenvalue weighted by molar-refractivity contribution is -0.884. The van der Waals surface area contributed by atoms with Gasteiger partial charge in [-0.2, -0.15) is 0 Å². The minimum atomic E-state index is -1.34. The zero-order valence-corrected chi connectivity index (χ0v) is 16.5. The summed E-state index contributed by atoms with van der Waals surface area (Å²) in [7, 11) is 6.60. The molecule has 0 bridgehead atoms. The molecule has 0 unspecified atom stereocenters. The quantitative estimate of drug-likeness (QED) is 0.564. The van der Waals surface area contributed by atoms with Gasteiger partial charge in [-0.3, -0.25) is 0 Å². The number of carbonyl (C=O) groups excluding carboxylic acids is 1. The van der Waals surface area contributed by atoms with Gasteiger partial charge in [-0.1, -0.05) is 65.1 Å². The van der Waals surface area contributed by atoms with Crippen LogP contribution in [0.15, 0.2) is 42.5 Å². The Hall–Kier alpha value is -1.46. The highest BCUT2D eigenvalue weighted by Crippen LogP contribution is 2.33. The third-order valence-corrected chi connectivity index (χ3v) is 3.84. The topological polar surface area (TPSA) is 49.4 Å². The Bertz CT molecular complexity index is 701. The van der Waals surface area contributed by atoms with E-state index in [9.17, 15) is 9.90 Å². The van der Waals surface area contributed by atoms with Gasteiger partial charge in [0.1, 0.15) is 18.9 Å². The predicted octanol–water partition coefficient (Wildman–Crippen LogP) is 3.67. The van der Waals surface area contributed by atoms with Crippen LogP contribution in [-0.2, 0) is 11.3 Å². The van der Waals surface area contributed by atoms with Crippen molar-refractivity contribution in [2.24, 2.45) is 0 Å². The average molecular weight is 405 g/mol. The molecule has 0 aliphatic rings. The molecule has 0 aliphatic carbocycles. The molecule has 0 radical (unpaired) electrons. The van der Waals surface area contributed by atoms with Crippen molar-refractivity contribution >= 4 is 40.8 Å². The van der Waals surface area contributed by atoms with E-state index in [-0.39, 0.29) is 20.8 Å². The molecule has 0 aliphatic heterocycles. The number of aliphatic carboxylic acids is 1. The van der Waals surface area contributed by atoms with Gasteiger partial charge >= 0.3 is 0 Å². The van der Waals surface area contributed by atoms with Gasteiger partial charge in [-0.05, 0) is 6.07 Å². The van der Waals surface area contributed by atoms with Crippen LogP contribution in [0.4, 0.5) is 0 Å². The van der Waals surface area contributed by atoms with Gasteiger partial charge in [0.2, 0.25) is 0 Å². The summed E-state index contributed by atoms with van der Waals surface area (Å²) >= 11 is 17.0. The van der Waals surface area contributed by atoms with Crippen molar-refractivity contribution in [1.82, 2.24) is 0 Å². The van der Waals surface area contributed by atoms with Crippen molar-refractivity contribution in [3.8, 4) is 5.75 Å². The summed E-state index contributed by atoms with van der Waals surface area (Å²) in [5.74, 6) is -1.18. The highest BCUT2D eigenvalue weighted by Gasteiger charge is 2.07. The number of ether oxygens (including phenoxy) is 1. The number of quaternary nitrogens is 1. The van der Waals surface area contributed by atoms with Crippen molar-refractivity contribution in [3.63, 3.8) is 0 Å². The zero-order chi connectivity index (χ0) is 19.0. The summed E-state index contributed by atoms with van der Waals surface area (Å²) in [6, 6.07) is 13.3. The normalized spacial score (nSPS) is 10.6. The second-order valence-electron chi connectivity index (χ2n) is 6.29. The fraction of sp³-hybridized carbons (Fsp3) is 0.278. The minimum absolute atomic E-state index is 0.158. The van der Waals surface area contributed by atoms with Crippen LogP contribution in [0.25, 0.3) is 0 Å². The molecule has 4 nitrogen and oxygen atoms in total. The van der Waals surface area contributed by atoms with Gasteiger partial charge in [0.25, 0.3) is 0 Å². The highest BCUT2D eigenvalue weighted by atomic mass is 35.5. The smallest absolute Gasteiger partial charge is 0.140 e. The standard InChI is InChI=1S/C10H16N.C8H5Cl3O3/c1-11(2,3)9-10-7-5-4-6-8-10;9-4-1-6(11)7(2-5(4)10)14-3-8(12)13/h4-8H,9H2,1-3H3;1-2H,3H2,(H,12,13)/q+1;/p-1. The molecule has 2 aromatic rings. The van der Waals surface area contributed by atoms with Crippen LogP contribution in [0.2, 0.25) is 15.1 Å². The van der Waals surface area contributed by atoms with Crippen LogP contribution >= 0.6 is 34.8 Å². The largest absolute Gasteiger partial charge is 0.546 e. The first-order chi connectivity index (χ1) is 11.6. The van der Waals surface area contributed by atoms with Gasteiger partial charge in [0.05, 0.1) is 42.2 Å². The lowest BCUT2D eigenvalue weighted by Gasteiger charge is -2.23. The molecule has 136 valence electrons. The summed E-state index contributed by atoms with van der Waals surface area (Å²) in [4.78, 5) is 10.1. The second kappa shape index (κ2) is 9.88. The number of nitrogens with zero attached hydrogens (tertiary/aromatic N) is 1. The fourth-order valence-electron chi connectivity index (χ4n) is 1.88. The number of halogens is 3. The SMILES string of the molecule is C[N+](C)(C)Cc1ccccc1.O=C([O-])COc1cc(Cl)c(Cl)cc1Cl. The van der Waals surface area contributed by atoms with E-state index < -0.39 is 12.6 Å². The molecule has 0 spiro atoms. The van der Waals surface area contributed by atoms with E-state index in [0.29, 0.717) is 0 Å². The van der Waals surface area contributed by atoms with Crippen LogP contribution in [0.3, 0.4) is 0 Å². The summed E-state index contributed by atoms with van der Waals surface area (Å²) in [6.07, 6.45) is 0. The maximum atomic E-state index is 10.1. The number of carbonyl (C=O) groups is 1. The number of rotatable bonds is 5. The van der Waals surface area contributed by atoms with Gasteiger partial charge in [-0.15, -0.1) is 0 Å². The Kier molecular flexibility index (Phi) is 8.53. The monoisotopic (exact) mass is 403 g/mol. The molecular formula is C18H20Cl3NO3. The van der Waals surface area contributed by atoms with E-state index in [1.54, 1.807) is 0 Å². The number of hydrogen-bond acceptors (Lipinski definition) is 3. The Labute approximate surface area is 163 Å². The van der Waals surface area contributed by atoms with Crippen LogP contribution < -0.4 is 9.84 Å². The Morgan fingerprint density at radius 2 is 1.56 bits per heavy atom. The predicted molar refractivity (Wildman–Crippen MR) is 100 cm³/mol. The van der Waals surface area contributed by atoms with Crippen molar-refractivity contribution in [2.75, 3.05) is 27.7 Å². The molecule has 2 aromatic carbocycles. The lowest BCUT2D eigenvalue weighted by atomic mass is 10.2. The third kappa shape index (κ3) is 8.98. The Morgan fingerprint density at radius 3 is 2.08 bits per heavy atom. The van der Waals surface area contributed by atoms with E-state index in [1.807, 2.05) is 0 Å². The van der Waals surface area contributed by atoms with Gasteiger partial charge in [-0.25, -0.2) is 0 Å². The highest BCUT2D eigenvalue weighted by molar-refractivity contribution is 6.43. The molecule has 0 amide bonds. The first-order valence-corrected chi connectivity index (χ1v) is 8.53. The van der Waals surface area contributed by atoms with Crippen molar-refractivity contribution in [1.29, 1.82) is 0 Å². The van der Waals surface area contributed by atoms with E-state index in [2.05, 4.69) is 51.5 Å². The van der Waals surface area contributed by atoms with Crippen LogP contribution in [0.1, 0.15) is 5.56 Å². The van der Waals surface area contributed by atoms with Gasteiger partial charge < -0.3 is 19.1 Å². The van der Waals surface area contributed by atoms with E-state index in [0.717, 1.165) is 11.0 Å². The van der Waals surface area contributed by atoms with Crippen molar-refractivity contribution in [2.45, 2.75) is 6.54 Å². The van der Waals surface area contributed by atoms with Gasteiger partial charge in [0, 0.05) is 11.6 Å². The summed E-state index contributed by atoms with van der Waals surface area (Å²) in [6.45, 7) is 0.512. The molecule has 0 aromatic heterocycles. The van der Waals surface area contributed by atoms with Gasteiger partial charge in [0.15, 0.2) is 0 Å². The number of benzene rings is 2. The fourth-order valence-corrected chi connectivity index (χ4v) is 2.47. The molecule has 0 atom stereocenters. The van der Waals surface area contributed by atoms with E-state index in [1.165, 1.54) is 17.7 Å². The Balaban J connectivity index is 0.000000257. The van der Waals surface area contributed by atoms with Crippen molar-refractivity contribution < 1.29 is 19.1 Å². The summed E-state index contributed by atoms with van der Waals surface area (Å²) in [5.41, 5.74) is 1.40. The molecule has 0 heterocycles. The first-order valence-electron chi connectivity index (χ1n) is 7.40. The Morgan fingerprint density at radius 1 is 1.00 bits per heavy atom. The average Bonchev–Trinajstić information content (AvgIpc) is 2.49. The molecule has 25 heavy (non-hydrogen) atoms. The minimum Gasteiger partial charge on any atom is -0.546 e. The first kappa shape index (κ1) is 21.6. The van der Waals surface area contributed by atoms with Crippen LogP contribution in [0.5, 0.6) is 5.75 Å². The summed E-state index contributed by atoms with van der Waals surface area (Å²) < 4.78 is 5.79. The molecule has 7 heteroatoms. The van der Waals surface area contributed by atoms with Crippen molar-refractivity contribution in [3.05, 3.63) is 63.1 Å². The molecular weight excluding hydrogens is 385 g/mol. The molecule has 0 N–H and O–H groups in total. The molecule has 2 rings (SSSR count). The second-order valence-corrected chi connectivity index (χ2v) is 7.51. The molecule has 0 saturated carbocycles. The number of carboxylic acid groups (broad SMARTS) is 1. The number of hydrogen-bond donors (Lipinski definition) is 0. The lowest BCUT2D eigenvalue weighted by Crippen LogP contribution is -2.33. The zero-order valence-electron chi connectivity index (χ0n) is 14.3.